The normalized spacial score (nSPS) is 29.3. The number of aliphatic hydroxyl groups is 5. The van der Waals surface area contributed by atoms with Crippen LogP contribution >= 0.6 is 0 Å². The number of benzene rings is 2. The lowest BCUT2D eigenvalue weighted by molar-refractivity contribution is -0.384. The van der Waals surface area contributed by atoms with Crippen molar-refractivity contribution in [3.8, 4) is 11.5 Å². The third-order valence-corrected chi connectivity index (χ3v) is 5.81. The highest BCUT2D eigenvalue weighted by Gasteiger charge is 2.77. The second-order valence-corrected chi connectivity index (χ2v) is 8.29. The van der Waals surface area contributed by atoms with Gasteiger partial charge in [-0.25, -0.2) is 0 Å². The third-order valence-electron chi connectivity index (χ3n) is 5.81. The molecule has 7 N–H and O–H groups in total. The number of para-hydroxylation sites is 2. The minimum Gasteiger partial charge on any atom is -0.426 e. The van der Waals surface area contributed by atoms with Crippen molar-refractivity contribution in [1.82, 2.24) is 0 Å². The third kappa shape index (κ3) is 4.53. The van der Waals surface area contributed by atoms with Crippen molar-refractivity contribution in [2.45, 2.75) is 43.2 Å². The minimum absolute atomic E-state index is 0.427. The van der Waals surface area contributed by atoms with E-state index in [1.807, 2.05) is 0 Å². The van der Waals surface area contributed by atoms with Crippen LogP contribution in [0.1, 0.15) is 34.6 Å². The van der Waals surface area contributed by atoms with Crippen molar-refractivity contribution in [2.24, 2.45) is 5.73 Å². The molecular weight excluding hydrogens is 494 g/mol. The summed E-state index contributed by atoms with van der Waals surface area (Å²) in [7, 11) is 0. The van der Waals surface area contributed by atoms with Crippen molar-refractivity contribution >= 4 is 23.5 Å². The largest absolute Gasteiger partial charge is 0.426 e. The van der Waals surface area contributed by atoms with E-state index in [9.17, 15) is 44.7 Å². The number of Topliss-reactive ketones (excluding diaryl/α,β-unsaturated/α-hetero) is 2. The number of hydrogen-bond donors (Lipinski definition) is 6. The van der Waals surface area contributed by atoms with Gasteiger partial charge in [0, 0.05) is 13.8 Å². The lowest BCUT2D eigenvalue weighted by Crippen LogP contribution is -2.86. The standard InChI is InChI=1S/C24H25NO12/c1-12(27)35-16-9-5-3-7-14(16)19(29)22(32)21(31)18(11-26)37-24(25,34)23(22,33)20(30)15-8-4-6-10-17(15)36-13(2)28/h3-10,18,21,26,31-34H,11,25H2,1-2H3/t18-,21-,22+,23-,24+/m1/s1. The van der Waals surface area contributed by atoms with Crippen LogP contribution in [0.2, 0.25) is 0 Å². The summed E-state index contributed by atoms with van der Waals surface area (Å²) in [5.74, 6) is -9.54. The number of nitrogens with two attached hydrogens (primary N) is 1. The topological polar surface area (TPSA) is 223 Å². The average Bonchev–Trinajstić information content (AvgIpc) is 2.84. The number of ketones is 2. The number of carbonyl (C=O) groups excluding carboxylic acids is 4. The van der Waals surface area contributed by atoms with Crippen LogP contribution in [-0.2, 0) is 14.3 Å². The Kier molecular flexibility index (Phi) is 7.62. The Bertz CT molecular complexity index is 1240. The molecule has 198 valence electrons. The number of aliphatic hydroxyl groups excluding tert-OH is 2. The Morgan fingerprint density at radius 3 is 1.73 bits per heavy atom. The van der Waals surface area contributed by atoms with Gasteiger partial charge < -0.3 is 39.7 Å². The molecule has 0 aromatic heterocycles. The van der Waals surface area contributed by atoms with E-state index in [0.29, 0.717) is 0 Å². The summed E-state index contributed by atoms with van der Waals surface area (Å²) in [5.41, 5.74) is -3.13. The Balaban J connectivity index is 2.31. The summed E-state index contributed by atoms with van der Waals surface area (Å²) < 4.78 is 14.9. The SMILES string of the molecule is CC(=O)Oc1ccccc1C(=O)[C@]1(O)[C@](N)(O)O[C@H](CO)[C@@H](O)[C@@]1(O)C(=O)c1ccccc1OC(C)=O. The molecule has 3 rings (SSSR count). The molecule has 0 aliphatic carbocycles. The molecule has 0 amide bonds. The first kappa shape index (κ1) is 28.0. The summed E-state index contributed by atoms with van der Waals surface area (Å²) in [4.78, 5) is 50.7. The molecule has 1 heterocycles. The predicted octanol–water partition coefficient (Wildman–Crippen LogP) is -1.58. The minimum atomic E-state index is -3.89. The van der Waals surface area contributed by atoms with Gasteiger partial charge in [0.2, 0.25) is 17.2 Å². The average molecular weight is 519 g/mol. The molecule has 2 aromatic rings. The zero-order valence-electron chi connectivity index (χ0n) is 19.7. The van der Waals surface area contributed by atoms with E-state index in [0.717, 1.165) is 38.1 Å². The molecule has 13 nitrogen and oxygen atoms in total. The van der Waals surface area contributed by atoms with E-state index < -0.39 is 82.1 Å². The maximum absolute atomic E-state index is 13.8. The summed E-state index contributed by atoms with van der Waals surface area (Å²) in [6.07, 6.45) is -4.56. The smallest absolute Gasteiger partial charge is 0.308 e. The molecule has 2 aromatic carbocycles. The van der Waals surface area contributed by atoms with Crippen LogP contribution in [0.5, 0.6) is 11.5 Å². The van der Waals surface area contributed by atoms with E-state index in [1.54, 1.807) is 0 Å². The van der Waals surface area contributed by atoms with Crippen LogP contribution in [0.25, 0.3) is 0 Å². The maximum atomic E-state index is 13.8. The molecule has 5 atom stereocenters. The molecule has 0 bridgehead atoms. The Morgan fingerprint density at radius 2 is 1.30 bits per heavy atom. The van der Waals surface area contributed by atoms with Crippen molar-refractivity contribution in [3.63, 3.8) is 0 Å². The van der Waals surface area contributed by atoms with E-state index in [-0.39, 0.29) is 0 Å². The summed E-state index contributed by atoms with van der Waals surface area (Å²) in [5, 5.41) is 54.9. The molecule has 1 aliphatic rings. The zero-order valence-corrected chi connectivity index (χ0v) is 19.7. The van der Waals surface area contributed by atoms with Crippen LogP contribution in [0.3, 0.4) is 0 Å². The molecule has 1 saturated heterocycles. The monoisotopic (exact) mass is 519 g/mol. The van der Waals surface area contributed by atoms with E-state index in [4.69, 9.17) is 19.9 Å². The highest BCUT2D eigenvalue weighted by atomic mass is 16.7. The molecule has 37 heavy (non-hydrogen) atoms. The van der Waals surface area contributed by atoms with Crippen molar-refractivity contribution in [1.29, 1.82) is 0 Å². The predicted molar refractivity (Wildman–Crippen MR) is 121 cm³/mol. The molecule has 1 aliphatic heterocycles. The second kappa shape index (κ2) is 10.1. The molecule has 0 unspecified atom stereocenters. The van der Waals surface area contributed by atoms with Gasteiger partial charge in [-0.1, -0.05) is 24.3 Å². The first-order chi connectivity index (χ1) is 17.2. The van der Waals surface area contributed by atoms with Gasteiger partial charge in [-0.05, 0) is 24.3 Å². The van der Waals surface area contributed by atoms with E-state index in [2.05, 4.69) is 0 Å². The second-order valence-electron chi connectivity index (χ2n) is 8.29. The van der Waals surface area contributed by atoms with Crippen LogP contribution in [0.15, 0.2) is 48.5 Å². The van der Waals surface area contributed by atoms with Crippen LogP contribution in [0.4, 0.5) is 0 Å². The number of ether oxygens (including phenoxy) is 3. The van der Waals surface area contributed by atoms with Crippen molar-refractivity contribution in [3.05, 3.63) is 59.7 Å². The van der Waals surface area contributed by atoms with Gasteiger partial charge in [0.25, 0.3) is 5.91 Å². The van der Waals surface area contributed by atoms with E-state index in [1.165, 1.54) is 24.3 Å². The fourth-order valence-electron chi connectivity index (χ4n) is 4.10. The lowest BCUT2D eigenvalue weighted by Gasteiger charge is -2.55. The van der Waals surface area contributed by atoms with Gasteiger partial charge >= 0.3 is 11.9 Å². The molecule has 0 radical (unpaired) electrons. The van der Waals surface area contributed by atoms with Gasteiger partial charge in [-0.3, -0.25) is 24.9 Å². The summed E-state index contributed by atoms with van der Waals surface area (Å²) >= 11 is 0. The van der Waals surface area contributed by atoms with E-state index >= 15 is 0 Å². The van der Waals surface area contributed by atoms with Crippen LogP contribution in [-0.4, -0.2) is 85.0 Å². The highest BCUT2D eigenvalue weighted by Crippen LogP contribution is 2.46. The summed E-state index contributed by atoms with van der Waals surface area (Å²) in [6.45, 7) is 0.905. The maximum Gasteiger partial charge on any atom is 0.308 e. The number of esters is 2. The van der Waals surface area contributed by atoms with Crippen molar-refractivity contribution < 1.29 is 58.9 Å². The molecule has 0 spiro atoms. The Hall–Kier alpha value is -3.56. The number of carbonyl (C=O) groups is 4. The van der Waals surface area contributed by atoms with Gasteiger partial charge in [-0.2, -0.15) is 0 Å². The Labute approximate surface area is 209 Å². The fraction of sp³-hybridized carbons (Fsp3) is 0.333. The van der Waals surface area contributed by atoms with Crippen LogP contribution in [0, 0.1) is 0 Å². The highest BCUT2D eigenvalue weighted by molar-refractivity contribution is 6.15. The molecule has 0 saturated carbocycles. The Morgan fingerprint density at radius 1 is 0.865 bits per heavy atom. The van der Waals surface area contributed by atoms with Gasteiger partial charge in [0.15, 0.2) is 5.60 Å². The van der Waals surface area contributed by atoms with Gasteiger partial charge in [0.05, 0.1) is 17.7 Å². The lowest BCUT2D eigenvalue weighted by atomic mass is 9.65. The first-order valence-corrected chi connectivity index (χ1v) is 10.8. The van der Waals surface area contributed by atoms with Gasteiger partial charge in [0.1, 0.15) is 23.7 Å². The molecular formula is C24H25NO12. The van der Waals surface area contributed by atoms with Crippen molar-refractivity contribution in [2.75, 3.05) is 6.61 Å². The molecule has 13 heteroatoms. The van der Waals surface area contributed by atoms with Gasteiger partial charge in [-0.15, -0.1) is 0 Å². The fourth-order valence-corrected chi connectivity index (χ4v) is 4.10. The number of hydrogen-bond acceptors (Lipinski definition) is 13. The summed E-state index contributed by atoms with van der Waals surface area (Å²) in [6, 6.07) is 9.63. The number of rotatable bonds is 7. The zero-order chi connectivity index (χ0) is 27.8. The first-order valence-electron chi connectivity index (χ1n) is 10.8. The molecule has 1 fully saturated rings. The van der Waals surface area contributed by atoms with Crippen LogP contribution < -0.4 is 15.2 Å². The quantitative estimate of drug-likeness (QED) is 0.105.